The van der Waals surface area contributed by atoms with Crippen LogP contribution in [0.1, 0.15) is 11.1 Å². The predicted molar refractivity (Wildman–Crippen MR) is 106 cm³/mol. The molecule has 1 aliphatic rings. The lowest BCUT2D eigenvalue weighted by atomic mass is 10.0. The summed E-state index contributed by atoms with van der Waals surface area (Å²) in [6.07, 6.45) is 1.08. The van der Waals surface area contributed by atoms with Crippen LogP contribution in [0.3, 0.4) is 0 Å². The van der Waals surface area contributed by atoms with Gasteiger partial charge in [0.05, 0.1) is 4.70 Å². The van der Waals surface area contributed by atoms with Crippen LogP contribution < -0.4 is 10.6 Å². The van der Waals surface area contributed by atoms with Gasteiger partial charge in [-0.3, -0.25) is 4.90 Å². The SMILES string of the molecule is NCc1ccccc1CCN1CCN(c2nsc3ccccc23)CC1. The lowest BCUT2D eigenvalue weighted by Gasteiger charge is -2.35. The minimum atomic E-state index is 0.626. The van der Waals surface area contributed by atoms with Crippen molar-refractivity contribution in [2.24, 2.45) is 5.73 Å². The molecule has 1 aromatic heterocycles. The van der Waals surface area contributed by atoms with Gasteiger partial charge in [0.1, 0.15) is 5.82 Å². The first-order chi connectivity index (χ1) is 12.3. The average molecular weight is 353 g/mol. The molecule has 0 radical (unpaired) electrons. The molecule has 0 bridgehead atoms. The lowest BCUT2D eigenvalue weighted by Crippen LogP contribution is -2.47. The third-order valence-corrected chi connectivity index (χ3v) is 5.88. The number of aromatic nitrogens is 1. The normalized spacial score (nSPS) is 15.8. The Hall–Kier alpha value is -1.95. The molecule has 3 aromatic rings. The van der Waals surface area contributed by atoms with Crippen molar-refractivity contribution in [2.45, 2.75) is 13.0 Å². The Bertz CT molecular complexity index is 836. The Morgan fingerprint density at radius 3 is 2.44 bits per heavy atom. The van der Waals surface area contributed by atoms with E-state index < -0.39 is 0 Å². The van der Waals surface area contributed by atoms with E-state index in [1.165, 1.54) is 21.2 Å². The zero-order chi connectivity index (χ0) is 17.1. The van der Waals surface area contributed by atoms with Crippen molar-refractivity contribution in [3.05, 3.63) is 59.7 Å². The van der Waals surface area contributed by atoms with Crippen LogP contribution in [0.4, 0.5) is 5.82 Å². The highest BCUT2D eigenvalue weighted by Crippen LogP contribution is 2.29. The first kappa shape index (κ1) is 16.5. The van der Waals surface area contributed by atoms with Crippen LogP contribution in [0.2, 0.25) is 0 Å². The summed E-state index contributed by atoms with van der Waals surface area (Å²) < 4.78 is 5.97. The molecule has 0 unspecified atom stereocenters. The molecule has 4 nitrogen and oxygen atoms in total. The molecular formula is C20H24N4S. The highest BCUT2D eigenvalue weighted by molar-refractivity contribution is 7.13. The fraction of sp³-hybridized carbons (Fsp3) is 0.350. The second-order valence-corrected chi connectivity index (χ2v) is 7.36. The predicted octanol–water partition coefficient (Wildman–Crippen LogP) is 3.12. The zero-order valence-electron chi connectivity index (χ0n) is 14.4. The van der Waals surface area contributed by atoms with E-state index in [2.05, 4.69) is 58.3 Å². The maximum Gasteiger partial charge on any atom is 0.150 e. The van der Waals surface area contributed by atoms with Crippen LogP contribution in [0.15, 0.2) is 48.5 Å². The number of hydrogen-bond acceptors (Lipinski definition) is 5. The van der Waals surface area contributed by atoms with Gasteiger partial charge in [-0.15, -0.1) is 0 Å². The third-order valence-electron chi connectivity index (χ3n) is 5.07. The minimum absolute atomic E-state index is 0.626. The van der Waals surface area contributed by atoms with Crippen LogP contribution in [0.5, 0.6) is 0 Å². The molecular weight excluding hydrogens is 328 g/mol. The average Bonchev–Trinajstić information content (AvgIpc) is 3.11. The molecule has 2 heterocycles. The fourth-order valence-corrected chi connectivity index (χ4v) is 4.36. The Balaban J connectivity index is 1.35. The van der Waals surface area contributed by atoms with Crippen molar-refractivity contribution in [2.75, 3.05) is 37.6 Å². The summed E-state index contributed by atoms with van der Waals surface area (Å²) in [6.45, 7) is 6.01. The molecule has 0 amide bonds. The second kappa shape index (κ2) is 7.52. The summed E-state index contributed by atoms with van der Waals surface area (Å²) in [5, 5.41) is 1.29. The lowest BCUT2D eigenvalue weighted by molar-refractivity contribution is 0.260. The van der Waals surface area contributed by atoms with Gasteiger partial charge in [-0.1, -0.05) is 36.4 Å². The molecule has 0 spiro atoms. The quantitative estimate of drug-likeness (QED) is 0.766. The summed E-state index contributed by atoms with van der Waals surface area (Å²) in [6, 6.07) is 17.1. The fourth-order valence-electron chi connectivity index (χ4n) is 3.56. The van der Waals surface area contributed by atoms with E-state index >= 15 is 0 Å². The number of rotatable bonds is 5. The van der Waals surface area contributed by atoms with Gasteiger partial charge >= 0.3 is 0 Å². The number of hydrogen-bond donors (Lipinski definition) is 1. The van der Waals surface area contributed by atoms with Crippen molar-refractivity contribution in [1.82, 2.24) is 9.27 Å². The molecule has 1 aliphatic heterocycles. The minimum Gasteiger partial charge on any atom is -0.353 e. The first-order valence-electron chi connectivity index (χ1n) is 8.94. The van der Waals surface area contributed by atoms with Crippen molar-refractivity contribution in [3.63, 3.8) is 0 Å². The van der Waals surface area contributed by atoms with Gasteiger partial charge in [0.15, 0.2) is 0 Å². The molecule has 1 fully saturated rings. The third kappa shape index (κ3) is 3.54. The van der Waals surface area contributed by atoms with E-state index in [1.54, 1.807) is 11.5 Å². The highest BCUT2D eigenvalue weighted by atomic mass is 32.1. The van der Waals surface area contributed by atoms with E-state index in [1.807, 2.05) is 0 Å². The number of benzene rings is 2. The molecule has 0 saturated carbocycles. The largest absolute Gasteiger partial charge is 0.353 e. The Morgan fingerprint density at radius 2 is 1.64 bits per heavy atom. The second-order valence-electron chi connectivity index (χ2n) is 6.55. The van der Waals surface area contributed by atoms with Gasteiger partial charge in [-0.2, -0.15) is 4.37 Å². The van der Waals surface area contributed by atoms with E-state index in [-0.39, 0.29) is 0 Å². The molecule has 0 atom stereocenters. The number of piperazine rings is 1. The molecule has 4 rings (SSSR count). The van der Waals surface area contributed by atoms with Crippen LogP contribution in [0.25, 0.3) is 10.1 Å². The molecule has 2 N–H and O–H groups in total. The number of nitrogens with zero attached hydrogens (tertiary/aromatic N) is 3. The molecule has 5 heteroatoms. The van der Waals surface area contributed by atoms with Crippen LogP contribution in [-0.4, -0.2) is 42.0 Å². The van der Waals surface area contributed by atoms with Gasteiger partial charge in [0.25, 0.3) is 0 Å². The summed E-state index contributed by atoms with van der Waals surface area (Å²) in [5.74, 6) is 1.16. The van der Waals surface area contributed by atoms with Crippen molar-refractivity contribution in [1.29, 1.82) is 0 Å². The smallest absolute Gasteiger partial charge is 0.150 e. The molecule has 2 aromatic carbocycles. The molecule has 0 aliphatic carbocycles. The van der Waals surface area contributed by atoms with Gasteiger partial charge in [-0.25, -0.2) is 0 Å². The molecule has 1 saturated heterocycles. The van der Waals surface area contributed by atoms with Crippen LogP contribution in [-0.2, 0) is 13.0 Å². The van der Waals surface area contributed by atoms with E-state index in [0.717, 1.165) is 45.0 Å². The summed E-state index contributed by atoms with van der Waals surface area (Å²) in [4.78, 5) is 4.99. The molecule has 25 heavy (non-hydrogen) atoms. The topological polar surface area (TPSA) is 45.4 Å². The zero-order valence-corrected chi connectivity index (χ0v) is 15.2. The van der Waals surface area contributed by atoms with Crippen molar-refractivity contribution < 1.29 is 0 Å². The monoisotopic (exact) mass is 352 g/mol. The Morgan fingerprint density at radius 1 is 0.920 bits per heavy atom. The van der Waals surface area contributed by atoms with E-state index in [4.69, 9.17) is 10.1 Å². The first-order valence-corrected chi connectivity index (χ1v) is 9.71. The van der Waals surface area contributed by atoms with Gasteiger partial charge in [0.2, 0.25) is 0 Å². The van der Waals surface area contributed by atoms with Gasteiger partial charge < -0.3 is 10.6 Å². The number of fused-ring (bicyclic) bond motifs is 1. The van der Waals surface area contributed by atoms with E-state index in [9.17, 15) is 0 Å². The van der Waals surface area contributed by atoms with E-state index in [0.29, 0.717) is 6.54 Å². The summed E-state index contributed by atoms with van der Waals surface area (Å²) >= 11 is 1.60. The summed E-state index contributed by atoms with van der Waals surface area (Å²) in [5.41, 5.74) is 8.51. The molecule has 130 valence electrons. The Kier molecular flexibility index (Phi) is 4.97. The Labute approximate surface area is 153 Å². The number of nitrogens with two attached hydrogens (primary N) is 1. The van der Waals surface area contributed by atoms with Crippen LogP contribution in [0, 0.1) is 0 Å². The maximum atomic E-state index is 5.85. The standard InChI is InChI=1S/C20H24N4S/c21-15-17-6-2-1-5-16(17)9-10-23-11-13-24(14-12-23)20-18-7-3-4-8-19(18)25-22-20/h1-8H,9-15,21H2. The maximum absolute atomic E-state index is 5.85. The number of anilines is 1. The van der Waals surface area contributed by atoms with Gasteiger partial charge in [-0.05, 0) is 41.2 Å². The van der Waals surface area contributed by atoms with Crippen molar-refractivity contribution in [3.8, 4) is 0 Å². The van der Waals surface area contributed by atoms with Crippen molar-refractivity contribution >= 4 is 27.4 Å². The summed E-state index contributed by atoms with van der Waals surface area (Å²) in [7, 11) is 0. The van der Waals surface area contributed by atoms with Gasteiger partial charge in [0, 0.05) is 44.7 Å². The highest BCUT2D eigenvalue weighted by Gasteiger charge is 2.20. The van der Waals surface area contributed by atoms with Crippen LogP contribution >= 0.6 is 11.5 Å².